The zero-order chi connectivity index (χ0) is 23.3. The van der Waals surface area contributed by atoms with Crippen molar-refractivity contribution < 1.29 is 14.3 Å². The number of pyridine rings is 1. The van der Waals surface area contributed by atoms with Gasteiger partial charge in [0.1, 0.15) is 11.4 Å². The van der Waals surface area contributed by atoms with E-state index in [-0.39, 0.29) is 17.0 Å². The first kappa shape index (κ1) is 21.6. The number of hydrogen-bond acceptors (Lipinski definition) is 5. The molecule has 0 spiro atoms. The lowest BCUT2D eigenvalue weighted by Gasteiger charge is -2.35. The first-order chi connectivity index (χ1) is 15.9. The van der Waals surface area contributed by atoms with Crippen LogP contribution in [-0.4, -0.2) is 35.3 Å². The Morgan fingerprint density at radius 2 is 2.06 bits per heavy atom. The summed E-state index contributed by atoms with van der Waals surface area (Å²) in [6, 6.07) is 11.3. The summed E-state index contributed by atoms with van der Waals surface area (Å²) in [4.78, 5) is 27.4. The van der Waals surface area contributed by atoms with Crippen LogP contribution in [0.2, 0.25) is 0 Å². The molecule has 1 aliphatic heterocycles. The van der Waals surface area contributed by atoms with Gasteiger partial charge in [0, 0.05) is 47.3 Å². The summed E-state index contributed by atoms with van der Waals surface area (Å²) >= 11 is 1.76. The summed E-state index contributed by atoms with van der Waals surface area (Å²) in [7, 11) is 0. The first-order valence-electron chi connectivity index (χ1n) is 11.0. The number of aromatic carboxylic acids is 1. The molecule has 3 heterocycles. The second-order valence-electron chi connectivity index (χ2n) is 8.32. The average molecular weight is 466 g/mol. The number of halogens is 1. The van der Waals surface area contributed by atoms with Crippen molar-refractivity contribution in [2.45, 2.75) is 26.4 Å². The van der Waals surface area contributed by atoms with Gasteiger partial charge < -0.3 is 19.9 Å². The van der Waals surface area contributed by atoms with Gasteiger partial charge in [-0.3, -0.25) is 4.79 Å². The highest BCUT2D eigenvalue weighted by atomic mass is 32.1. The predicted octanol–water partition coefficient (Wildman–Crippen LogP) is 4.53. The average Bonchev–Trinajstić information content (AvgIpc) is 3.16. The van der Waals surface area contributed by atoms with Gasteiger partial charge in [-0.25, -0.2) is 9.18 Å². The molecule has 1 atom stereocenters. The van der Waals surface area contributed by atoms with E-state index >= 15 is 4.39 Å². The molecule has 5 rings (SSSR count). The standard InChI is InChI=1S/C25H24FN3O3S/c1-3-28-12-17(25(31)32)23(30)16-10-18(26)21(11-20(16)28)29-9-8-27-19(13-29)24-14(2)15-6-4-5-7-22(15)33-24/h4-7,10-12,19,27H,3,8-9,13H2,1-2H3,(H,31,32). The maximum atomic E-state index is 15.3. The molecule has 0 saturated carbocycles. The van der Waals surface area contributed by atoms with E-state index in [4.69, 9.17) is 0 Å². The molecule has 2 aromatic heterocycles. The van der Waals surface area contributed by atoms with E-state index in [1.165, 1.54) is 32.8 Å². The van der Waals surface area contributed by atoms with Crippen molar-refractivity contribution in [3.8, 4) is 0 Å². The number of thiophene rings is 1. The molecule has 170 valence electrons. The third-order valence-corrected chi connectivity index (χ3v) is 7.82. The number of carbonyl (C=O) groups is 1. The molecule has 6 nitrogen and oxygen atoms in total. The fourth-order valence-corrected chi connectivity index (χ4v) is 6.00. The van der Waals surface area contributed by atoms with Crippen molar-refractivity contribution in [3.63, 3.8) is 0 Å². The molecular formula is C25H24FN3O3S. The number of anilines is 1. The van der Waals surface area contributed by atoms with Crippen LogP contribution >= 0.6 is 11.3 Å². The number of carboxylic acids is 1. The summed E-state index contributed by atoms with van der Waals surface area (Å²) in [6.45, 7) is 6.39. The number of carboxylic acid groups (broad SMARTS) is 1. The fourth-order valence-electron chi connectivity index (χ4n) is 4.73. The van der Waals surface area contributed by atoms with Gasteiger partial charge in [0.05, 0.1) is 17.2 Å². The van der Waals surface area contributed by atoms with Gasteiger partial charge in [-0.1, -0.05) is 18.2 Å². The minimum Gasteiger partial charge on any atom is -0.477 e. The van der Waals surface area contributed by atoms with E-state index in [0.717, 1.165) is 0 Å². The minimum absolute atomic E-state index is 0.0639. The quantitative estimate of drug-likeness (QED) is 0.463. The summed E-state index contributed by atoms with van der Waals surface area (Å²) in [5.74, 6) is -1.82. The molecule has 2 N–H and O–H groups in total. The highest BCUT2D eigenvalue weighted by molar-refractivity contribution is 7.19. The van der Waals surface area contributed by atoms with Crippen LogP contribution in [0.3, 0.4) is 0 Å². The number of hydrogen-bond donors (Lipinski definition) is 2. The van der Waals surface area contributed by atoms with Crippen molar-refractivity contribution in [1.29, 1.82) is 0 Å². The van der Waals surface area contributed by atoms with Crippen molar-refractivity contribution in [2.24, 2.45) is 0 Å². The van der Waals surface area contributed by atoms with Crippen LogP contribution in [0.25, 0.3) is 21.0 Å². The lowest BCUT2D eigenvalue weighted by Crippen LogP contribution is -2.46. The van der Waals surface area contributed by atoms with Crippen LogP contribution in [-0.2, 0) is 6.54 Å². The minimum atomic E-state index is -1.31. The largest absolute Gasteiger partial charge is 0.477 e. The molecule has 8 heteroatoms. The first-order valence-corrected chi connectivity index (χ1v) is 11.8. The molecule has 1 aliphatic rings. The van der Waals surface area contributed by atoms with E-state index in [1.54, 1.807) is 22.0 Å². The molecular weight excluding hydrogens is 441 g/mol. The number of piperazine rings is 1. The van der Waals surface area contributed by atoms with Gasteiger partial charge in [0.2, 0.25) is 5.43 Å². The SMILES string of the molecule is CCn1cc(C(=O)O)c(=O)c2cc(F)c(N3CCNC(c4sc5ccccc5c4C)C3)cc21. The Morgan fingerprint density at radius 3 is 2.79 bits per heavy atom. The van der Waals surface area contributed by atoms with Crippen molar-refractivity contribution in [1.82, 2.24) is 9.88 Å². The zero-order valence-electron chi connectivity index (χ0n) is 18.4. The van der Waals surface area contributed by atoms with Gasteiger partial charge in [0.15, 0.2) is 0 Å². The van der Waals surface area contributed by atoms with E-state index < -0.39 is 17.2 Å². The molecule has 0 bridgehead atoms. The molecule has 0 aliphatic carbocycles. The fraction of sp³-hybridized carbons (Fsp3) is 0.280. The van der Waals surface area contributed by atoms with Crippen LogP contribution in [0, 0.1) is 12.7 Å². The molecule has 1 unspecified atom stereocenters. The number of aromatic nitrogens is 1. The Balaban J connectivity index is 1.56. The van der Waals surface area contributed by atoms with Crippen LogP contribution in [0.4, 0.5) is 10.1 Å². The lowest BCUT2D eigenvalue weighted by atomic mass is 10.0. The Bertz CT molecular complexity index is 1460. The zero-order valence-corrected chi connectivity index (χ0v) is 19.2. The van der Waals surface area contributed by atoms with Crippen LogP contribution in [0.5, 0.6) is 0 Å². The summed E-state index contributed by atoms with van der Waals surface area (Å²) in [5.41, 5.74) is 1.20. The molecule has 1 fully saturated rings. The third-order valence-electron chi connectivity index (χ3n) is 6.43. The number of fused-ring (bicyclic) bond motifs is 2. The maximum absolute atomic E-state index is 15.3. The van der Waals surface area contributed by atoms with Gasteiger partial charge in [0.25, 0.3) is 0 Å². The number of aryl methyl sites for hydroxylation is 2. The number of nitrogens with zero attached hydrogens (tertiary/aromatic N) is 2. The molecule has 4 aromatic rings. The van der Waals surface area contributed by atoms with Gasteiger partial charge in [-0.2, -0.15) is 0 Å². The number of benzene rings is 2. The van der Waals surface area contributed by atoms with E-state index in [1.807, 2.05) is 24.0 Å². The van der Waals surface area contributed by atoms with Crippen LogP contribution in [0.1, 0.15) is 33.8 Å². The monoisotopic (exact) mass is 465 g/mol. The normalized spacial score (nSPS) is 16.6. The van der Waals surface area contributed by atoms with Crippen molar-refractivity contribution >= 4 is 44.0 Å². The Labute approximate surface area is 193 Å². The maximum Gasteiger partial charge on any atom is 0.341 e. The highest BCUT2D eigenvalue weighted by Gasteiger charge is 2.27. The lowest BCUT2D eigenvalue weighted by molar-refractivity contribution is 0.0695. The Morgan fingerprint density at radius 1 is 1.27 bits per heavy atom. The topological polar surface area (TPSA) is 74.6 Å². The molecule has 1 saturated heterocycles. The molecule has 0 radical (unpaired) electrons. The summed E-state index contributed by atoms with van der Waals surface area (Å²) < 4.78 is 18.2. The van der Waals surface area contributed by atoms with Crippen molar-refractivity contribution in [2.75, 3.05) is 24.5 Å². The highest BCUT2D eigenvalue weighted by Crippen LogP contribution is 2.37. The molecule has 2 aromatic carbocycles. The van der Waals surface area contributed by atoms with Gasteiger partial charge in [-0.05, 0) is 43.0 Å². The Hall–Kier alpha value is -3.23. The number of nitrogens with one attached hydrogen (secondary N) is 1. The van der Waals surface area contributed by atoms with Crippen LogP contribution < -0.4 is 15.6 Å². The second kappa shape index (κ2) is 8.28. The third kappa shape index (κ3) is 3.59. The number of rotatable bonds is 4. The smallest absolute Gasteiger partial charge is 0.341 e. The van der Waals surface area contributed by atoms with Crippen LogP contribution in [0.15, 0.2) is 47.4 Å². The summed E-state index contributed by atoms with van der Waals surface area (Å²) in [5, 5.41) is 14.3. The van der Waals surface area contributed by atoms with E-state index in [2.05, 4.69) is 24.4 Å². The van der Waals surface area contributed by atoms with E-state index in [0.29, 0.717) is 37.4 Å². The second-order valence-corrected chi connectivity index (χ2v) is 9.41. The van der Waals surface area contributed by atoms with E-state index in [9.17, 15) is 14.7 Å². The Kier molecular flexibility index (Phi) is 5.42. The summed E-state index contributed by atoms with van der Waals surface area (Å²) in [6.07, 6.45) is 1.34. The molecule has 0 amide bonds. The molecule has 33 heavy (non-hydrogen) atoms. The van der Waals surface area contributed by atoms with Gasteiger partial charge in [-0.15, -0.1) is 11.3 Å². The van der Waals surface area contributed by atoms with Crippen molar-refractivity contribution in [3.05, 3.63) is 74.6 Å². The van der Waals surface area contributed by atoms with Gasteiger partial charge >= 0.3 is 5.97 Å². The predicted molar refractivity (Wildman–Crippen MR) is 130 cm³/mol.